The molecule has 0 radical (unpaired) electrons. The van der Waals surface area contributed by atoms with E-state index in [9.17, 15) is 5.11 Å². The van der Waals surface area contributed by atoms with Gasteiger partial charge in [0.1, 0.15) is 0 Å². The molecule has 0 heterocycles. The van der Waals surface area contributed by atoms with Crippen LogP contribution in [0.3, 0.4) is 0 Å². The summed E-state index contributed by atoms with van der Waals surface area (Å²) in [5, 5.41) is 11.2. The molecule has 1 fully saturated rings. The average Bonchev–Trinajstić information content (AvgIpc) is 2.06. The number of hydrogen-bond acceptors (Lipinski definition) is 1. The van der Waals surface area contributed by atoms with Gasteiger partial charge in [-0.2, -0.15) is 0 Å². The third kappa shape index (κ3) is 2.14. The maximum Gasteiger partial charge on any atom is 1.00 e. The van der Waals surface area contributed by atoms with Crippen molar-refractivity contribution in [2.24, 2.45) is 11.3 Å². The molecule has 0 aliphatic heterocycles. The van der Waals surface area contributed by atoms with Crippen LogP contribution in [0.25, 0.3) is 0 Å². The van der Waals surface area contributed by atoms with E-state index >= 15 is 0 Å². The molecule has 0 N–H and O–H groups in total. The quantitative estimate of drug-likeness (QED) is 0.440. The van der Waals surface area contributed by atoms with Crippen LogP contribution in [0.5, 0.6) is 0 Å². The Morgan fingerprint density at radius 2 is 2.23 bits per heavy atom. The molecule has 68 valence electrons. The first-order valence-corrected chi connectivity index (χ1v) is 5.07. The fraction of sp³-hybridized carbons (Fsp3) is 0.818. The molecule has 2 aliphatic rings. The minimum atomic E-state index is 0. The number of allylic oxidation sites excluding steroid dienone is 2. The zero-order valence-electron chi connectivity index (χ0n) is 8.81. The Bertz CT molecular complexity index is 212. The van der Waals surface area contributed by atoms with Crippen molar-refractivity contribution in [1.82, 2.24) is 0 Å². The molecule has 1 nitrogen and oxygen atoms in total. The molecule has 1 saturated carbocycles. The van der Waals surface area contributed by atoms with Crippen LogP contribution < -0.4 is 24.0 Å². The average molecular weight is 172 g/mol. The number of fused-ring (bicyclic) bond motifs is 1. The predicted molar refractivity (Wildman–Crippen MR) is 47.4 cm³/mol. The van der Waals surface area contributed by atoms with Gasteiger partial charge in [-0.1, -0.05) is 25.8 Å². The standard InChI is InChI=1S/C11H18O.Li/c1-11-6-3-2-4-9(11)8-10(12)5-7-11;/h5,9,12H,2-4,6-8H2,1H3;/q;+1/p-1/t9-,11-;/m0./s1. The van der Waals surface area contributed by atoms with Crippen LogP contribution in [0, 0.1) is 11.3 Å². The Balaban J connectivity index is 0.000000845. The molecule has 0 bridgehead atoms. The monoisotopic (exact) mass is 172 g/mol. The second-order valence-electron chi connectivity index (χ2n) is 4.68. The summed E-state index contributed by atoms with van der Waals surface area (Å²) in [5.41, 5.74) is 0.478. The molecule has 2 rings (SSSR count). The van der Waals surface area contributed by atoms with E-state index < -0.39 is 0 Å². The SMILES string of the molecule is C[C@]12CC=C([O-])C[C@@H]1CCCC2.[Li+]. The molecule has 2 heteroatoms. The summed E-state index contributed by atoms with van der Waals surface area (Å²) in [6, 6.07) is 0. The second kappa shape index (κ2) is 4.11. The third-order valence-electron chi connectivity index (χ3n) is 3.78. The van der Waals surface area contributed by atoms with Crippen LogP contribution in [0.4, 0.5) is 0 Å². The molecule has 2 aliphatic carbocycles. The Morgan fingerprint density at radius 3 is 3.00 bits per heavy atom. The van der Waals surface area contributed by atoms with Gasteiger partial charge in [0.2, 0.25) is 0 Å². The van der Waals surface area contributed by atoms with E-state index in [1.165, 1.54) is 25.7 Å². The van der Waals surface area contributed by atoms with Crippen molar-refractivity contribution in [3.05, 3.63) is 11.8 Å². The predicted octanol–water partition coefficient (Wildman–Crippen LogP) is -0.775. The minimum absolute atomic E-state index is 0. The van der Waals surface area contributed by atoms with Crippen LogP contribution in [-0.4, -0.2) is 0 Å². The Labute approximate surface area is 92.8 Å². The van der Waals surface area contributed by atoms with Gasteiger partial charge in [-0.15, -0.1) is 5.76 Å². The maximum atomic E-state index is 11.2. The Morgan fingerprint density at radius 1 is 1.46 bits per heavy atom. The van der Waals surface area contributed by atoms with E-state index in [4.69, 9.17) is 0 Å². The molecular weight excluding hydrogens is 155 g/mol. The molecule has 0 aromatic carbocycles. The van der Waals surface area contributed by atoms with Gasteiger partial charge >= 0.3 is 18.9 Å². The van der Waals surface area contributed by atoms with Crippen LogP contribution in [-0.2, 0) is 0 Å². The van der Waals surface area contributed by atoms with E-state index in [1.807, 2.05) is 6.08 Å². The number of rotatable bonds is 0. The first-order valence-electron chi connectivity index (χ1n) is 5.07. The number of hydrogen-bond donors (Lipinski definition) is 0. The molecule has 0 amide bonds. The summed E-state index contributed by atoms with van der Waals surface area (Å²) >= 11 is 0. The molecule has 13 heavy (non-hydrogen) atoms. The molecular formula is C11H17LiO. The largest absolute Gasteiger partial charge is 1.00 e. The van der Waals surface area contributed by atoms with Crippen LogP contribution >= 0.6 is 0 Å². The van der Waals surface area contributed by atoms with Crippen molar-refractivity contribution in [1.29, 1.82) is 0 Å². The van der Waals surface area contributed by atoms with Gasteiger partial charge in [0.25, 0.3) is 0 Å². The Hall–Kier alpha value is 0.137. The third-order valence-corrected chi connectivity index (χ3v) is 3.78. The summed E-state index contributed by atoms with van der Waals surface area (Å²) in [5.74, 6) is 1.09. The molecule has 0 aromatic rings. The normalized spacial score (nSPS) is 38.5. The van der Waals surface area contributed by atoms with E-state index in [1.54, 1.807) is 0 Å². The van der Waals surface area contributed by atoms with Gasteiger partial charge in [0, 0.05) is 0 Å². The Kier molecular flexibility index (Phi) is 3.55. The van der Waals surface area contributed by atoms with Crippen molar-refractivity contribution in [2.45, 2.75) is 45.4 Å². The van der Waals surface area contributed by atoms with Crippen molar-refractivity contribution in [3.63, 3.8) is 0 Å². The maximum absolute atomic E-state index is 11.2. The zero-order chi connectivity index (χ0) is 8.60. The van der Waals surface area contributed by atoms with E-state index in [0.717, 1.165) is 12.8 Å². The van der Waals surface area contributed by atoms with Crippen molar-refractivity contribution >= 4 is 0 Å². The first kappa shape index (κ1) is 11.2. The molecule has 0 saturated heterocycles. The summed E-state index contributed by atoms with van der Waals surface area (Å²) in [7, 11) is 0. The van der Waals surface area contributed by atoms with Crippen molar-refractivity contribution in [2.75, 3.05) is 0 Å². The molecule has 2 atom stereocenters. The molecule has 0 unspecified atom stereocenters. The van der Waals surface area contributed by atoms with E-state index in [0.29, 0.717) is 17.1 Å². The molecule has 0 aromatic heterocycles. The van der Waals surface area contributed by atoms with Gasteiger partial charge < -0.3 is 5.11 Å². The minimum Gasteiger partial charge on any atom is -0.876 e. The topological polar surface area (TPSA) is 23.1 Å². The van der Waals surface area contributed by atoms with E-state index in [2.05, 4.69) is 6.92 Å². The van der Waals surface area contributed by atoms with Gasteiger partial charge in [0.05, 0.1) is 0 Å². The van der Waals surface area contributed by atoms with Gasteiger partial charge in [-0.25, -0.2) is 0 Å². The van der Waals surface area contributed by atoms with Crippen molar-refractivity contribution in [3.8, 4) is 0 Å². The zero-order valence-corrected chi connectivity index (χ0v) is 8.81. The van der Waals surface area contributed by atoms with Gasteiger partial charge in [0.15, 0.2) is 0 Å². The first-order chi connectivity index (χ1) is 5.71. The van der Waals surface area contributed by atoms with Gasteiger partial charge in [-0.3, -0.25) is 0 Å². The smallest absolute Gasteiger partial charge is 0.876 e. The van der Waals surface area contributed by atoms with E-state index in [-0.39, 0.29) is 18.9 Å². The summed E-state index contributed by atoms with van der Waals surface area (Å²) in [6.45, 7) is 2.36. The van der Waals surface area contributed by atoms with Crippen molar-refractivity contribution < 1.29 is 24.0 Å². The summed E-state index contributed by atoms with van der Waals surface area (Å²) in [4.78, 5) is 0. The fourth-order valence-electron chi connectivity index (χ4n) is 2.76. The fourth-order valence-corrected chi connectivity index (χ4v) is 2.76. The van der Waals surface area contributed by atoms with Crippen LogP contribution in [0.15, 0.2) is 11.8 Å². The summed E-state index contributed by atoms with van der Waals surface area (Å²) < 4.78 is 0. The van der Waals surface area contributed by atoms with Crippen LogP contribution in [0.2, 0.25) is 0 Å². The van der Waals surface area contributed by atoms with Gasteiger partial charge in [-0.05, 0) is 37.0 Å². The second-order valence-corrected chi connectivity index (χ2v) is 4.68. The summed E-state index contributed by atoms with van der Waals surface area (Å²) in [6.07, 6.45) is 9.12. The van der Waals surface area contributed by atoms with Crippen LogP contribution in [0.1, 0.15) is 45.4 Å². The molecule has 0 spiro atoms.